The van der Waals surface area contributed by atoms with E-state index in [4.69, 9.17) is 10.5 Å². The van der Waals surface area contributed by atoms with Crippen molar-refractivity contribution in [2.24, 2.45) is 5.73 Å². The Morgan fingerprint density at radius 1 is 1.47 bits per heavy atom. The summed E-state index contributed by atoms with van der Waals surface area (Å²) in [5.41, 5.74) is 6.47. The van der Waals surface area contributed by atoms with Crippen molar-refractivity contribution in [1.29, 1.82) is 0 Å². The minimum Gasteiger partial charge on any atom is -0.494 e. The van der Waals surface area contributed by atoms with Gasteiger partial charge in [0.1, 0.15) is 0 Å². The molecule has 1 aromatic rings. The SMILES string of the molecule is COc1ccc(CC(=O)N2CCC(N)CC2)cc1F. The molecule has 0 aliphatic carbocycles. The normalized spacial score (nSPS) is 16.5. The molecular weight excluding hydrogens is 247 g/mol. The summed E-state index contributed by atoms with van der Waals surface area (Å²) in [4.78, 5) is 13.9. The highest BCUT2D eigenvalue weighted by Gasteiger charge is 2.20. The van der Waals surface area contributed by atoms with E-state index in [-0.39, 0.29) is 24.1 Å². The number of benzene rings is 1. The zero-order valence-electron chi connectivity index (χ0n) is 11.1. The van der Waals surface area contributed by atoms with Gasteiger partial charge >= 0.3 is 0 Å². The molecule has 2 N–H and O–H groups in total. The number of methoxy groups -OCH3 is 1. The minimum atomic E-state index is -0.437. The molecule has 1 amide bonds. The van der Waals surface area contributed by atoms with Crippen LogP contribution >= 0.6 is 0 Å². The lowest BCUT2D eigenvalue weighted by Gasteiger charge is -2.30. The predicted octanol–water partition coefficient (Wildman–Crippen LogP) is 1.33. The number of halogens is 1. The van der Waals surface area contributed by atoms with E-state index in [0.717, 1.165) is 12.8 Å². The zero-order chi connectivity index (χ0) is 13.8. The highest BCUT2D eigenvalue weighted by Crippen LogP contribution is 2.19. The standard InChI is InChI=1S/C14H19FN2O2/c1-19-13-3-2-10(8-12(13)15)9-14(18)17-6-4-11(16)5-7-17/h2-3,8,11H,4-7,9,16H2,1H3. The van der Waals surface area contributed by atoms with Gasteiger partial charge in [0.05, 0.1) is 13.5 Å². The Morgan fingerprint density at radius 2 is 2.16 bits per heavy atom. The molecule has 104 valence electrons. The van der Waals surface area contributed by atoms with Crippen molar-refractivity contribution in [3.05, 3.63) is 29.6 Å². The summed E-state index contributed by atoms with van der Waals surface area (Å²) in [6.45, 7) is 1.39. The minimum absolute atomic E-state index is 0.0245. The van der Waals surface area contributed by atoms with E-state index in [0.29, 0.717) is 18.7 Å². The van der Waals surface area contributed by atoms with Gasteiger partial charge in [-0.2, -0.15) is 0 Å². The molecule has 1 fully saturated rings. The molecule has 1 saturated heterocycles. The highest BCUT2D eigenvalue weighted by molar-refractivity contribution is 5.78. The summed E-state index contributed by atoms with van der Waals surface area (Å²) < 4.78 is 18.4. The third-order valence-electron chi connectivity index (χ3n) is 3.46. The third-order valence-corrected chi connectivity index (χ3v) is 3.46. The maximum absolute atomic E-state index is 13.5. The van der Waals surface area contributed by atoms with Gasteiger partial charge in [0.15, 0.2) is 11.6 Å². The topological polar surface area (TPSA) is 55.6 Å². The van der Waals surface area contributed by atoms with Crippen molar-refractivity contribution in [2.75, 3.05) is 20.2 Å². The number of carbonyl (C=O) groups is 1. The Kier molecular flexibility index (Phi) is 4.37. The Hall–Kier alpha value is -1.62. The van der Waals surface area contributed by atoms with Gasteiger partial charge in [-0.3, -0.25) is 4.79 Å². The first-order chi connectivity index (χ1) is 9.10. The van der Waals surface area contributed by atoms with Gasteiger partial charge in [0.25, 0.3) is 0 Å². The summed E-state index contributed by atoms with van der Waals surface area (Å²) in [5, 5.41) is 0. The lowest BCUT2D eigenvalue weighted by molar-refractivity contribution is -0.131. The second kappa shape index (κ2) is 6.02. The van der Waals surface area contributed by atoms with Crippen LogP contribution in [-0.4, -0.2) is 37.0 Å². The Labute approximate surface area is 112 Å². The van der Waals surface area contributed by atoms with Crippen LogP contribution in [-0.2, 0) is 11.2 Å². The zero-order valence-corrected chi connectivity index (χ0v) is 11.1. The van der Waals surface area contributed by atoms with E-state index >= 15 is 0 Å². The fourth-order valence-corrected chi connectivity index (χ4v) is 2.26. The third kappa shape index (κ3) is 3.44. The van der Waals surface area contributed by atoms with Gasteiger partial charge in [-0.1, -0.05) is 6.07 Å². The van der Waals surface area contributed by atoms with Gasteiger partial charge in [-0.25, -0.2) is 4.39 Å². The summed E-state index contributed by atoms with van der Waals surface area (Å²) >= 11 is 0. The number of nitrogens with two attached hydrogens (primary N) is 1. The quantitative estimate of drug-likeness (QED) is 0.898. The van der Waals surface area contributed by atoms with Crippen molar-refractivity contribution in [3.63, 3.8) is 0 Å². The van der Waals surface area contributed by atoms with E-state index in [1.54, 1.807) is 17.0 Å². The molecule has 1 aliphatic heterocycles. The summed E-state index contributed by atoms with van der Waals surface area (Å²) in [5.74, 6) is -0.218. The predicted molar refractivity (Wildman–Crippen MR) is 70.4 cm³/mol. The maximum Gasteiger partial charge on any atom is 0.226 e. The van der Waals surface area contributed by atoms with Gasteiger partial charge in [0, 0.05) is 19.1 Å². The molecule has 0 saturated carbocycles. The van der Waals surface area contributed by atoms with E-state index in [2.05, 4.69) is 0 Å². The highest BCUT2D eigenvalue weighted by atomic mass is 19.1. The van der Waals surface area contributed by atoms with Crippen molar-refractivity contribution in [2.45, 2.75) is 25.3 Å². The number of hydrogen-bond acceptors (Lipinski definition) is 3. The number of piperidine rings is 1. The number of carbonyl (C=O) groups excluding carboxylic acids is 1. The number of hydrogen-bond donors (Lipinski definition) is 1. The fourth-order valence-electron chi connectivity index (χ4n) is 2.26. The summed E-state index contributed by atoms with van der Waals surface area (Å²) in [6.07, 6.45) is 1.89. The van der Waals surface area contributed by atoms with E-state index in [1.165, 1.54) is 13.2 Å². The molecule has 5 heteroatoms. The van der Waals surface area contributed by atoms with Crippen LogP contribution in [0, 0.1) is 5.82 Å². The van der Waals surface area contributed by atoms with Crippen molar-refractivity contribution in [1.82, 2.24) is 4.90 Å². The molecule has 2 rings (SSSR count). The largest absolute Gasteiger partial charge is 0.494 e. The number of likely N-dealkylation sites (tertiary alicyclic amines) is 1. The van der Waals surface area contributed by atoms with Crippen LogP contribution in [0.3, 0.4) is 0 Å². The first-order valence-electron chi connectivity index (χ1n) is 6.46. The number of amides is 1. The second-order valence-corrected chi connectivity index (χ2v) is 4.86. The lowest BCUT2D eigenvalue weighted by Crippen LogP contribution is -2.43. The van der Waals surface area contributed by atoms with Crippen molar-refractivity contribution in [3.8, 4) is 5.75 Å². The van der Waals surface area contributed by atoms with E-state index in [9.17, 15) is 9.18 Å². The molecular formula is C14H19FN2O2. The number of ether oxygens (including phenoxy) is 1. The molecule has 0 aromatic heterocycles. The lowest BCUT2D eigenvalue weighted by atomic mass is 10.0. The Balaban J connectivity index is 1.97. The molecule has 0 radical (unpaired) electrons. The number of rotatable bonds is 3. The fraction of sp³-hybridized carbons (Fsp3) is 0.500. The van der Waals surface area contributed by atoms with Crippen LogP contribution in [0.2, 0.25) is 0 Å². The second-order valence-electron chi connectivity index (χ2n) is 4.86. The maximum atomic E-state index is 13.5. The Morgan fingerprint density at radius 3 is 2.74 bits per heavy atom. The van der Waals surface area contributed by atoms with Crippen LogP contribution in [0.25, 0.3) is 0 Å². The van der Waals surface area contributed by atoms with E-state index in [1.807, 2.05) is 0 Å². The molecule has 19 heavy (non-hydrogen) atoms. The molecule has 0 atom stereocenters. The molecule has 1 heterocycles. The van der Waals surface area contributed by atoms with Crippen LogP contribution < -0.4 is 10.5 Å². The van der Waals surface area contributed by atoms with Crippen molar-refractivity contribution >= 4 is 5.91 Å². The molecule has 1 aliphatic rings. The molecule has 4 nitrogen and oxygen atoms in total. The smallest absolute Gasteiger partial charge is 0.226 e. The Bertz CT molecular complexity index is 457. The molecule has 0 spiro atoms. The van der Waals surface area contributed by atoms with Gasteiger partial charge < -0.3 is 15.4 Å². The van der Waals surface area contributed by atoms with Crippen molar-refractivity contribution < 1.29 is 13.9 Å². The average Bonchev–Trinajstić information content (AvgIpc) is 2.39. The molecule has 1 aromatic carbocycles. The first kappa shape index (κ1) is 13.8. The van der Waals surface area contributed by atoms with Gasteiger partial charge in [-0.15, -0.1) is 0 Å². The van der Waals surface area contributed by atoms with E-state index < -0.39 is 5.82 Å². The summed E-state index contributed by atoms with van der Waals surface area (Å²) in [6, 6.07) is 4.81. The van der Waals surface area contributed by atoms with Crippen LogP contribution in [0.15, 0.2) is 18.2 Å². The first-order valence-corrected chi connectivity index (χ1v) is 6.46. The van der Waals surface area contributed by atoms with Crippen LogP contribution in [0.5, 0.6) is 5.75 Å². The van der Waals surface area contributed by atoms with Gasteiger partial charge in [-0.05, 0) is 30.5 Å². The molecule has 0 bridgehead atoms. The summed E-state index contributed by atoms with van der Waals surface area (Å²) in [7, 11) is 1.42. The monoisotopic (exact) mass is 266 g/mol. The average molecular weight is 266 g/mol. The molecule has 0 unspecified atom stereocenters. The van der Waals surface area contributed by atoms with Crippen LogP contribution in [0.4, 0.5) is 4.39 Å². The number of nitrogens with zero attached hydrogens (tertiary/aromatic N) is 1. The van der Waals surface area contributed by atoms with Gasteiger partial charge in [0.2, 0.25) is 5.91 Å². The van der Waals surface area contributed by atoms with Crippen LogP contribution in [0.1, 0.15) is 18.4 Å².